The van der Waals surface area contributed by atoms with E-state index >= 15 is 0 Å². The minimum Gasteiger partial charge on any atom is -0.312 e. The van der Waals surface area contributed by atoms with Gasteiger partial charge in [-0.15, -0.1) is 11.3 Å². The van der Waals surface area contributed by atoms with Gasteiger partial charge in [0.2, 0.25) is 0 Å². The van der Waals surface area contributed by atoms with E-state index in [-0.39, 0.29) is 15.5 Å². The van der Waals surface area contributed by atoms with Gasteiger partial charge in [0.1, 0.15) is 21.5 Å². The maximum atomic E-state index is 13.4. The van der Waals surface area contributed by atoms with E-state index in [0.717, 1.165) is 29.7 Å². The number of anilines is 1. The van der Waals surface area contributed by atoms with Crippen LogP contribution in [0.5, 0.6) is 0 Å². The third-order valence-electron chi connectivity index (χ3n) is 2.43. The second kappa shape index (κ2) is 5.29. The van der Waals surface area contributed by atoms with Gasteiger partial charge in [-0.1, -0.05) is 0 Å². The lowest BCUT2D eigenvalue weighted by Gasteiger charge is -2.06. The Kier molecular flexibility index (Phi) is 3.87. The van der Waals surface area contributed by atoms with E-state index in [0.29, 0.717) is 6.07 Å². The monoisotopic (exact) mass is 317 g/mol. The van der Waals surface area contributed by atoms with Gasteiger partial charge in [0.05, 0.1) is 5.56 Å². The van der Waals surface area contributed by atoms with Crippen LogP contribution in [0.2, 0.25) is 0 Å². The number of hydrogen-bond acceptors (Lipinski definition) is 4. The third-order valence-corrected chi connectivity index (χ3v) is 4.53. The van der Waals surface area contributed by atoms with Gasteiger partial charge in [0.25, 0.3) is 5.91 Å². The summed E-state index contributed by atoms with van der Waals surface area (Å²) in [6, 6.07) is 3.87. The highest BCUT2D eigenvalue weighted by atomic mass is 32.2. The van der Waals surface area contributed by atoms with Crippen LogP contribution in [-0.4, -0.2) is 20.6 Å². The average molecular weight is 317 g/mol. The molecule has 0 aliphatic heterocycles. The Hall–Kier alpha value is -1.80. The molecule has 0 radical (unpaired) electrons. The highest BCUT2D eigenvalue weighted by Crippen LogP contribution is 2.28. The van der Waals surface area contributed by atoms with Gasteiger partial charge in [0.15, 0.2) is 9.84 Å². The maximum absolute atomic E-state index is 13.4. The van der Waals surface area contributed by atoms with Crippen molar-refractivity contribution in [2.75, 3.05) is 11.6 Å². The molecule has 1 N–H and O–H groups in total. The quantitative estimate of drug-likeness (QED) is 0.946. The highest BCUT2D eigenvalue weighted by molar-refractivity contribution is 7.91. The molecule has 0 bridgehead atoms. The molecule has 0 spiro atoms. The molecule has 0 atom stereocenters. The van der Waals surface area contributed by atoms with E-state index in [9.17, 15) is 22.0 Å². The number of benzene rings is 1. The molecule has 1 aromatic heterocycles. The maximum Gasteiger partial charge on any atom is 0.259 e. The Labute approximate surface area is 118 Å². The first-order valence-corrected chi connectivity index (χ1v) is 8.10. The summed E-state index contributed by atoms with van der Waals surface area (Å²) in [4.78, 5) is 11.8. The van der Waals surface area contributed by atoms with Crippen LogP contribution in [0, 0.1) is 11.6 Å². The van der Waals surface area contributed by atoms with Crippen LogP contribution in [0.25, 0.3) is 0 Å². The summed E-state index contributed by atoms with van der Waals surface area (Å²) in [7, 11) is -3.49. The second-order valence-corrected chi connectivity index (χ2v) is 6.86. The van der Waals surface area contributed by atoms with Gasteiger partial charge in [-0.05, 0) is 23.6 Å². The molecule has 0 saturated heterocycles. The molecule has 2 aromatic rings. The average Bonchev–Trinajstić information content (AvgIpc) is 2.76. The predicted octanol–water partition coefficient (Wildman–Crippen LogP) is 2.68. The van der Waals surface area contributed by atoms with Crippen LogP contribution in [0.3, 0.4) is 0 Å². The summed E-state index contributed by atoms with van der Waals surface area (Å²) in [6.07, 6.45) is 1.00. The third kappa shape index (κ3) is 3.02. The molecule has 1 aromatic carbocycles. The zero-order chi connectivity index (χ0) is 14.9. The van der Waals surface area contributed by atoms with Crippen LogP contribution in [0.15, 0.2) is 34.5 Å². The predicted molar refractivity (Wildman–Crippen MR) is 71.7 cm³/mol. The fourth-order valence-corrected chi connectivity index (χ4v) is 3.59. The van der Waals surface area contributed by atoms with Crippen molar-refractivity contribution in [3.8, 4) is 0 Å². The van der Waals surface area contributed by atoms with Crippen LogP contribution in [0.1, 0.15) is 10.4 Å². The van der Waals surface area contributed by atoms with Crippen molar-refractivity contribution in [1.29, 1.82) is 0 Å². The van der Waals surface area contributed by atoms with Crippen molar-refractivity contribution >= 4 is 32.1 Å². The van der Waals surface area contributed by atoms with Gasteiger partial charge in [-0.3, -0.25) is 4.79 Å². The summed E-state index contributed by atoms with van der Waals surface area (Å²) in [5.74, 6) is -2.65. The van der Waals surface area contributed by atoms with Gasteiger partial charge in [0, 0.05) is 12.3 Å². The van der Waals surface area contributed by atoms with E-state index in [2.05, 4.69) is 5.32 Å². The number of rotatable bonds is 3. The van der Waals surface area contributed by atoms with Gasteiger partial charge in [-0.25, -0.2) is 17.2 Å². The minimum absolute atomic E-state index is 0.0432. The largest absolute Gasteiger partial charge is 0.312 e. The molecule has 0 fully saturated rings. The summed E-state index contributed by atoms with van der Waals surface area (Å²) in [5.41, 5.74) is -0.362. The molecular formula is C12H9F2NO3S2. The topological polar surface area (TPSA) is 63.2 Å². The van der Waals surface area contributed by atoms with Crippen LogP contribution in [0.4, 0.5) is 13.8 Å². The Morgan fingerprint density at radius 3 is 2.55 bits per heavy atom. The van der Waals surface area contributed by atoms with E-state index in [1.54, 1.807) is 0 Å². The molecule has 1 heterocycles. The van der Waals surface area contributed by atoms with Crippen molar-refractivity contribution < 1.29 is 22.0 Å². The summed E-state index contributed by atoms with van der Waals surface area (Å²) < 4.78 is 49.2. The number of hydrogen-bond donors (Lipinski definition) is 1. The summed E-state index contributed by atoms with van der Waals surface area (Å²) >= 11 is 1.00. The molecule has 20 heavy (non-hydrogen) atoms. The molecular weight excluding hydrogens is 308 g/mol. The Morgan fingerprint density at radius 2 is 1.95 bits per heavy atom. The first-order valence-electron chi connectivity index (χ1n) is 5.33. The lowest BCUT2D eigenvalue weighted by Crippen LogP contribution is -2.14. The van der Waals surface area contributed by atoms with E-state index in [1.165, 1.54) is 11.4 Å². The fourth-order valence-electron chi connectivity index (χ4n) is 1.52. The van der Waals surface area contributed by atoms with Crippen molar-refractivity contribution in [3.63, 3.8) is 0 Å². The second-order valence-electron chi connectivity index (χ2n) is 3.96. The minimum atomic E-state index is -3.49. The first kappa shape index (κ1) is 14.6. The van der Waals surface area contributed by atoms with Gasteiger partial charge >= 0.3 is 0 Å². The molecule has 2 rings (SSSR count). The molecule has 1 amide bonds. The Morgan fingerprint density at radius 1 is 1.25 bits per heavy atom. The van der Waals surface area contributed by atoms with E-state index in [4.69, 9.17) is 0 Å². The van der Waals surface area contributed by atoms with Gasteiger partial charge in [-0.2, -0.15) is 0 Å². The van der Waals surface area contributed by atoms with Crippen LogP contribution >= 0.6 is 11.3 Å². The van der Waals surface area contributed by atoms with Crippen molar-refractivity contribution in [2.45, 2.75) is 4.90 Å². The van der Waals surface area contributed by atoms with Gasteiger partial charge < -0.3 is 5.32 Å². The Bertz CT molecular complexity index is 769. The lowest BCUT2D eigenvalue weighted by molar-refractivity contribution is 0.102. The molecule has 8 heteroatoms. The molecule has 0 aliphatic rings. The molecule has 106 valence electrons. The molecule has 0 unspecified atom stereocenters. The number of thiophene rings is 1. The highest BCUT2D eigenvalue weighted by Gasteiger charge is 2.19. The zero-order valence-electron chi connectivity index (χ0n) is 10.2. The van der Waals surface area contributed by atoms with Crippen molar-refractivity contribution in [2.24, 2.45) is 0 Å². The number of carbonyl (C=O) groups is 1. The van der Waals surface area contributed by atoms with E-state index < -0.39 is 27.4 Å². The lowest BCUT2D eigenvalue weighted by atomic mass is 10.2. The number of halogens is 2. The number of sulfone groups is 1. The van der Waals surface area contributed by atoms with Crippen LogP contribution in [-0.2, 0) is 9.84 Å². The number of carbonyl (C=O) groups excluding carboxylic acids is 1. The Balaban J connectivity index is 2.31. The van der Waals surface area contributed by atoms with E-state index in [1.807, 2.05) is 0 Å². The smallest absolute Gasteiger partial charge is 0.259 e. The molecule has 4 nitrogen and oxygen atoms in total. The number of amides is 1. The standard InChI is InChI=1S/C12H9F2NO3S2/c1-20(17,18)10-4-5-19-12(10)15-11(16)8-3-2-7(13)6-9(8)14/h2-6H,1H3,(H,15,16). The normalized spacial score (nSPS) is 11.3. The first-order chi connectivity index (χ1) is 9.29. The number of nitrogens with one attached hydrogen (secondary N) is 1. The fraction of sp³-hybridized carbons (Fsp3) is 0.0833. The SMILES string of the molecule is CS(=O)(=O)c1ccsc1NC(=O)c1ccc(F)cc1F. The van der Waals surface area contributed by atoms with Crippen molar-refractivity contribution in [3.05, 3.63) is 46.8 Å². The summed E-state index contributed by atoms with van der Waals surface area (Å²) in [6.45, 7) is 0. The zero-order valence-corrected chi connectivity index (χ0v) is 11.8. The molecule has 0 aliphatic carbocycles. The molecule has 0 saturated carbocycles. The van der Waals surface area contributed by atoms with Crippen molar-refractivity contribution in [1.82, 2.24) is 0 Å². The summed E-state index contributed by atoms with van der Waals surface area (Å²) in [5, 5.41) is 3.90. The van der Waals surface area contributed by atoms with Crippen LogP contribution < -0.4 is 5.32 Å².